The maximum absolute atomic E-state index is 5.98. The maximum atomic E-state index is 5.98. The van der Waals surface area contributed by atoms with E-state index in [2.05, 4.69) is 41.5 Å². The molecule has 1 unspecified atom stereocenters. The van der Waals surface area contributed by atoms with E-state index >= 15 is 0 Å². The van der Waals surface area contributed by atoms with E-state index < -0.39 is 0 Å². The van der Waals surface area contributed by atoms with Gasteiger partial charge < -0.3 is 11.1 Å². The van der Waals surface area contributed by atoms with Crippen LogP contribution in [0.15, 0.2) is 60.8 Å². The van der Waals surface area contributed by atoms with E-state index in [1.165, 1.54) is 5.56 Å². The molecule has 0 aliphatic carbocycles. The molecule has 0 fully saturated rings. The number of hydrogen-bond acceptors (Lipinski definition) is 3. The Labute approximate surface area is 124 Å². The van der Waals surface area contributed by atoms with E-state index in [1.807, 2.05) is 30.3 Å². The minimum Gasteiger partial charge on any atom is -0.397 e. The predicted molar refractivity (Wildman–Crippen MR) is 89.5 cm³/mol. The molecule has 2 aromatic carbocycles. The Balaban J connectivity index is 1.81. The molecule has 3 aromatic rings. The summed E-state index contributed by atoms with van der Waals surface area (Å²) in [4.78, 5) is 4.36. The van der Waals surface area contributed by atoms with E-state index in [4.69, 9.17) is 5.73 Å². The lowest BCUT2D eigenvalue weighted by Gasteiger charge is -2.15. The van der Waals surface area contributed by atoms with Crippen molar-refractivity contribution in [1.29, 1.82) is 0 Å². The Bertz CT molecular complexity index is 738. The monoisotopic (exact) mass is 277 g/mol. The van der Waals surface area contributed by atoms with Gasteiger partial charge in [0.15, 0.2) is 0 Å². The zero-order valence-corrected chi connectivity index (χ0v) is 12.1. The molecule has 1 aromatic heterocycles. The number of nitrogens with two attached hydrogens (primary N) is 1. The molecular weight excluding hydrogens is 258 g/mol. The lowest BCUT2D eigenvalue weighted by molar-refractivity contribution is 0.805. The Kier molecular flexibility index (Phi) is 3.73. The molecule has 0 aliphatic heterocycles. The van der Waals surface area contributed by atoms with Crippen LogP contribution in [-0.4, -0.2) is 11.5 Å². The van der Waals surface area contributed by atoms with Crippen molar-refractivity contribution in [1.82, 2.24) is 4.98 Å². The van der Waals surface area contributed by atoms with E-state index in [9.17, 15) is 0 Å². The highest BCUT2D eigenvalue weighted by atomic mass is 14.9. The second kappa shape index (κ2) is 5.83. The van der Waals surface area contributed by atoms with Gasteiger partial charge in [0.2, 0.25) is 0 Å². The van der Waals surface area contributed by atoms with Crippen molar-refractivity contribution < 1.29 is 0 Å². The Morgan fingerprint density at radius 3 is 2.67 bits per heavy atom. The van der Waals surface area contributed by atoms with Crippen molar-refractivity contribution in [2.45, 2.75) is 12.8 Å². The van der Waals surface area contributed by atoms with Gasteiger partial charge in [0, 0.05) is 23.8 Å². The predicted octanol–water partition coefficient (Wildman–Crippen LogP) is 4.03. The van der Waals surface area contributed by atoms with Crippen LogP contribution in [0.5, 0.6) is 0 Å². The van der Waals surface area contributed by atoms with E-state index in [1.54, 1.807) is 6.20 Å². The molecule has 0 spiro atoms. The highest BCUT2D eigenvalue weighted by molar-refractivity contribution is 5.98. The first-order valence-corrected chi connectivity index (χ1v) is 7.18. The normalized spacial score (nSPS) is 12.2. The van der Waals surface area contributed by atoms with Crippen LogP contribution in [0, 0.1) is 0 Å². The Hall–Kier alpha value is -2.55. The molecule has 21 heavy (non-hydrogen) atoms. The summed E-state index contributed by atoms with van der Waals surface area (Å²) in [5.74, 6) is 0.440. The zero-order valence-electron chi connectivity index (χ0n) is 12.1. The molecule has 1 heterocycles. The summed E-state index contributed by atoms with van der Waals surface area (Å²) >= 11 is 0. The average molecular weight is 277 g/mol. The first-order valence-electron chi connectivity index (χ1n) is 7.18. The van der Waals surface area contributed by atoms with Crippen molar-refractivity contribution in [2.75, 3.05) is 17.6 Å². The fourth-order valence-electron chi connectivity index (χ4n) is 2.51. The number of nitrogens with zero attached hydrogens (tertiary/aromatic N) is 1. The topological polar surface area (TPSA) is 50.9 Å². The van der Waals surface area contributed by atoms with Crippen LogP contribution in [0.2, 0.25) is 0 Å². The number of nitrogen functional groups attached to an aromatic ring is 1. The Morgan fingerprint density at radius 1 is 1.05 bits per heavy atom. The van der Waals surface area contributed by atoms with Crippen LogP contribution in [-0.2, 0) is 0 Å². The highest BCUT2D eigenvalue weighted by Crippen LogP contribution is 2.27. The average Bonchev–Trinajstić information content (AvgIpc) is 2.55. The first-order chi connectivity index (χ1) is 10.3. The lowest BCUT2D eigenvalue weighted by Crippen LogP contribution is -2.10. The quantitative estimate of drug-likeness (QED) is 0.708. The van der Waals surface area contributed by atoms with Crippen LogP contribution >= 0.6 is 0 Å². The van der Waals surface area contributed by atoms with Gasteiger partial charge >= 0.3 is 0 Å². The summed E-state index contributed by atoms with van der Waals surface area (Å²) in [5, 5.41) is 4.58. The number of hydrogen-bond donors (Lipinski definition) is 2. The smallest absolute Gasteiger partial charge is 0.0951 e. The van der Waals surface area contributed by atoms with Gasteiger partial charge in [-0.1, -0.05) is 37.3 Å². The summed E-state index contributed by atoms with van der Waals surface area (Å²) in [6.07, 6.45) is 1.77. The fourth-order valence-corrected chi connectivity index (χ4v) is 2.51. The summed E-state index contributed by atoms with van der Waals surface area (Å²) in [6.45, 7) is 3.10. The molecule has 0 bridgehead atoms. The molecule has 3 N–H and O–H groups in total. The molecule has 0 saturated carbocycles. The third kappa shape index (κ3) is 2.82. The summed E-state index contributed by atoms with van der Waals surface area (Å²) in [5.41, 5.74) is 9.97. The summed E-state index contributed by atoms with van der Waals surface area (Å²) in [7, 11) is 0. The number of aromatic nitrogens is 1. The highest BCUT2D eigenvalue weighted by Gasteiger charge is 2.08. The van der Waals surface area contributed by atoms with E-state index in [0.29, 0.717) is 11.6 Å². The summed E-state index contributed by atoms with van der Waals surface area (Å²) in [6, 6.07) is 18.4. The van der Waals surface area contributed by atoms with E-state index in [-0.39, 0.29) is 0 Å². The number of pyridine rings is 1. The third-order valence-corrected chi connectivity index (χ3v) is 3.77. The second-order valence-corrected chi connectivity index (χ2v) is 5.29. The molecular formula is C18H19N3. The van der Waals surface area contributed by atoms with Crippen LogP contribution in [0.3, 0.4) is 0 Å². The molecule has 0 amide bonds. The first kappa shape index (κ1) is 13.4. The fraction of sp³-hybridized carbons (Fsp3) is 0.167. The standard InChI is InChI=1S/C18H19N3/c1-13(14-6-3-2-4-7-14)12-21-17-10-9-16(19)18-15(17)8-5-11-20-18/h2-11,13,21H,12,19H2,1H3. The van der Waals surface area contributed by atoms with Crippen molar-refractivity contribution in [2.24, 2.45) is 0 Å². The number of benzene rings is 2. The minimum atomic E-state index is 0.440. The van der Waals surface area contributed by atoms with Crippen molar-refractivity contribution in [3.63, 3.8) is 0 Å². The van der Waals surface area contributed by atoms with Gasteiger partial charge in [0.1, 0.15) is 0 Å². The van der Waals surface area contributed by atoms with Crippen molar-refractivity contribution >= 4 is 22.3 Å². The molecule has 1 atom stereocenters. The van der Waals surface area contributed by atoms with E-state index in [0.717, 1.165) is 23.1 Å². The van der Waals surface area contributed by atoms with Crippen LogP contribution in [0.25, 0.3) is 10.9 Å². The largest absolute Gasteiger partial charge is 0.397 e. The number of anilines is 2. The molecule has 106 valence electrons. The minimum absolute atomic E-state index is 0.440. The van der Waals surface area contributed by atoms with Crippen molar-refractivity contribution in [3.05, 3.63) is 66.4 Å². The number of nitrogens with one attached hydrogen (secondary N) is 1. The lowest BCUT2D eigenvalue weighted by atomic mass is 10.0. The zero-order chi connectivity index (χ0) is 14.7. The number of rotatable bonds is 4. The van der Waals surface area contributed by atoms with Gasteiger partial charge in [-0.25, -0.2) is 0 Å². The molecule has 0 saturated heterocycles. The SMILES string of the molecule is CC(CNc1ccc(N)c2ncccc12)c1ccccc1. The molecule has 3 heteroatoms. The van der Waals surface area contributed by atoms with Crippen LogP contribution < -0.4 is 11.1 Å². The van der Waals surface area contributed by atoms with Crippen LogP contribution in [0.4, 0.5) is 11.4 Å². The second-order valence-electron chi connectivity index (χ2n) is 5.29. The third-order valence-electron chi connectivity index (χ3n) is 3.77. The van der Waals surface area contributed by atoms with Gasteiger partial charge in [-0.2, -0.15) is 0 Å². The maximum Gasteiger partial charge on any atom is 0.0951 e. The number of fused-ring (bicyclic) bond motifs is 1. The van der Waals surface area contributed by atoms with Gasteiger partial charge in [-0.05, 0) is 35.7 Å². The molecule has 3 nitrogen and oxygen atoms in total. The Morgan fingerprint density at radius 2 is 1.86 bits per heavy atom. The van der Waals surface area contributed by atoms with Crippen molar-refractivity contribution in [3.8, 4) is 0 Å². The van der Waals surface area contributed by atoms with Gasteiger partial charge in [-0.15, -0.1) is 0 Å². The summed E-state index contributed by atoms with van der Waals surface area (Å²) < 4.78 is 0. The van der Waals surface area contributed by atoms with Gasteiger partial charge in [0.05, 0.1) is 11.2 Å². The molecule has 3 rings (SSSR count). The van der Waals surface area contributed by atoms with Crippen LogP contribution in [0.1, 0.15) is 18.4 Å². The van der Waals surface area contributed by atoms with Gasteiger partial charge in [-0.3, -0.25) is 4.98 Å². The molecule has 0 radical (unpaired) electrons. The van der Waals surface area contributed by atoms with Gasteiger partial charge in [0.25, 0.3) is 0 Å². The molecule has 0 aliphatic rings.